The fourth-order valence-corrected chi connectivity index (χ4v) is 4.05. The molecule has 1 N–H and O–H groups in total. The van der Waals surface area contributed by atoms with Crippen LogP contribution in [0.1, 0.15) is 24.6 Å². The van der Waals surface area contributed by atoms with E-state index >= 15 is 0 Å². The molecule has 1 unspecified atom stereocenters. The van der Waals surface area contributed by atoms with Crippen LogP contribution in [0.25, 0.3) is 11.3 Å². The molecule has 0 saturated carbocycles. The molecule has 5 nitrogen and oxygen atoms in total. The van der Waals surface area contributed by atoms with Crippen LogP contribution in [0.15, 0.2) is 48.8 Å². The molecule has 0 radical (unpaired) electrons. The van der Waals surface area contributed by atoms with Gasteiger partial charge in [-0.15, -0.1) is 0 Å². The monoisotopic (exact) mass is 413 g/mol. The Morgan fingerprint density at radius 3 is 2.64 bits per heavy atom. The molecule has 0 amide bonds. The first-order valence-corrected chi connectivity index (χ1v) is 10.0. The van der Waals surface area contributed by atoms with Crippen molar-refractivity contribution in [1.82, 2.24) is 19.9 Å². The van der Waals surface area contributed by atoms with Crippen LogP contribution < -0.4 is 5.32 Å². The van der Waals surface area contributed by atoms with E-state index in [0.29, 0.717) is 16.0 Å². The lowest BCUT2D eigenvalue weighted by molar-refractivity contribution is 0.246. The van der Waals surface area contributed by atoms with Crippen molar-refractivity contribution in [2.75, 3.05) is 25.5 Å². The number of anilines is 2. The van der Waals surface area contributed by atoms with Gasteiger partial charge in [-0.1, -0.05) is 23.2 Å². The minimum Gasteiger partial charge on any atom is -0.340 e. The third kappa shape index (κ3) is 4.61. The molecular formula is C21H21Cl2N5. The van der Waals surface area contributed by atoms with Gasteiger partial charge in [-0.2, -0.15) is 0 Å². The van der Waals surface area contributed by atoms with Crippen LogP contribution in [0, 0.1) is 0 Å². The van der Waals surface area contributed by atoms with E-state index in [1.807, 2.05) is 36.5 Å². The zero-order valence-electron chi connectivity index (χ0n) is 15.6. The van der Waals surface area contributed by atoms with Crippen molar-refractivity contribution < 1.29 is 0 Å². The van der Waals surface area contributed by atoms with Crippen LogP contribution in [0.5, 0.6) is 0 Å². The molecule has 0 bridgehead atoms. The van der Waals surface area contributed by atoms with Crippen LogP contribution in [-0.4, -0.2) is 40.0 Å². The summed E-state index contributed by atoms with van der Waals surface area (Å²) in [5.41, 5.74) is 2.60. The van der Waals surface area contributed by atoms with Gasteiger partial charge in [-0.3, -0.25) is 4.98 Å². The summed E-state index contributed by atoms with van der Waals surface area (Å²) in [5.74, 6) is 1.87. The highest BCUT2D eigenvalue weighted by molar-refractivity contribution is 6.35. The molecule has 4 rings (SSSR count). The molecule has 0 spiro atoms. The Balaban J connectivity index is 1.73. The second-order valence-corrected chi connectivity index (χ2v) is 8.00. The number of likely N-dealkylation sites (N-methyl/N-ethyl adjacent to an activating group) is 1. The van der Waals surface area contributed by atoms with Crippen molar-refractivity contribution in [2.45, 2.75) is 18.8 Å². The summed E-state index contributed by atoms with van der Waals surface area (Å²) >= 11 is 12.3. The number of nitrogens with one attached hydrogen (secondary N) is 1. The van der Waals surface area contributed by atoms with Gasteiger partial charge in [0, 0.05) is 52.2 Å². The number of nitrogens with zero attached hydrogens (tertiary/aromatic N) is 4. The maximum atomic E-state index is 6.14. The Kier molecular flexibility index (Phi) is 5.76. The number of likely N-dealkylation sites (tertiary alicyclic amines) is 1. The lowest BCUT2D eigenvalue weighted by Gasteiger charge is -2.29. The van der Waals surface area contributed by atoms with Crippen molar-refractivity contribution in [1.29, 1.82) is 0 Å². The van der Waals surface area contributed by atoms with Gasteiger partial charge >= 0.3 is 0 Å². The molecule has 144 valence electrons. The number of piperidine rings is 1. The fourth-order valence-electron chi connectivity index (χ4n) is 3.53. The number of halogens is 2. The van der Waals surface area contributed by atoms with Crippen LogP contribution in [0.4, 0.5) is 11.5 Å². The number of hydrogen-bond acceptors (Lipinski definition) is 5. The molecule has 3 heterocycles. The lowest BCUT2D eigenvalue weighted by atomic mass is 9.97. The standard InChI is InChI=1S/C21H21Cl2N5/c1-28-7-3-5-15(13-28)21-26-19(14-4-2-6-24-12-14)11-20(27-21)25-18-9-16(22)8-17(23)10-18/h2,4,6,8-12,15H,3,5,7,13H2,1H3,(H,25,26,27). The Morgan fingerprint density at radius 2 is 1.93 bits per heavy atom. The molecule has 1 aliphatic heterocycles. The van der Waals surface area contributed by atoms with E-state index in [1.165, 1.54) is 0 Å². The molecule has 7 heteroatoms. The van der Waals surface area contributed by atoms with E-state index in [0.717, 1.165) is 54.5 Å². The molecule has 0 aliphatic carbocycles. The molecule has 2 aromatic heterocycles. The SMILES string of the molecule is CN1CCCC(c2nc(Nc3cc(Cl)cc(Cl)c3)cc(-c3cccnc3)n2)C1. The largest absolute Gasteiger partial charge is 0.340 e. The average molecular weight is 414 g/mol. The van der Waals surface area contributed by atoms with Crippen molar-refractivity contribution in [3.63, 3.8) is 0 Å². The van der Waals surface area contributed by atoms with E-state index in [-0.39, 0.29) is 0 Å². The summed E-state index contributed by atoms with van der Waals surface area (Å²) in [6.45, 7) is 2.07. The van der Waals surface area contributed by atoms with Gasteiger partial charge < -0.3 is 10.2 Å². The lowest BCUT2D eigenvalue weighted by Crippen LogP contribution is -2.31. The zero-order chi connectivity index (χ0) is 19.5. The molecule has 1 aliphatic rings. The Hall–Kier alpha value is -2.21. The highest BCUT2D eigenvalue weighted by atomic mass is 35.5. The third-order valence-electron chi connectivity index (χ3n) is 4.83. The Labute approximate surface area is 174 Å². The average Bonchev–Trinajstić information content (AvgIpc) is 2.67. The van der Waals surface area contributed by atoms with Crippen molar-refractivity contribution in [3.05, 3.63) is 64.7 Å². The molecule has 1 aromatic carbocycles. The first-order valence-electron chi connectivity index (χ1n) is 9.28. The predicted octanol–water partition coefficient (Wildman–Crippen LogP) is 5.40. The van der Waals surface area contributed by atoms with Gasteiger partial charge in [0.2, 0.25) is 0 Å². The van der Waals surface area contributed by atoms with E-state index in [9.17, 15) is 0 Å². The molecule has 1 atom stereocenters. The van der Waals surface area contributed by atoms with Gasteiger partial charge in [0.05, 0.1) is 5.69 Å². The van der Waals surface area contributed by atoms with Gasteiger partial charge in [0.25, 0.3) is 0 Å². The summed E-state index contributed by atoms with van der Waals surface area (Å²) in [7, 11) is 2.14. The second-order valence-electron chi connectivity index (χ2n) is 7.12. The van der Waals surface area contributed by atoms with E-state index in [1.54, 1.807) is 12.3 Å². The van der Waals surface area contributed by atoms with Gasteiger partial charge in [-0.05, 0) is 56.8 Å². The Bertz CT molecular complexity index is 944. The maximum absolute atomic E-state index is 6.14. The van der Waals surface area contributed by atoms with E-state index < -0.39 is 0 Å². The number of pyridine rings is 1. The normalized spacial score (nSPS) is 17.5. The van der Waals surface area contributed by atoms with Crippen LogP contribution in [0.3, 0.4) is 0 Å². The van der Waals surface area contributed by atoms with Crippen LogP contribution in [0.2, 0.25) is 10.0 Å². The second kappa shape index (κ2) is 8.43. The minimum atomic E-state index is 0.305. The van der Waals surface area contributed by atoms with Crippen molar-refractivity contribution in [3.8, 4) is 11.3 Å². The molecular weight excluding hydrogens is 393 g/mol. The topological polar surface area (TPSA) is 53.9 Å². The molecule has 28 heavy (non-hydrogen) atoms. The van der Waals surface area contributed by atoms with Gasteiger partial charge in [0.1, 0.15) is 11.6 Å². The smallest absolute Gasteiger partial charge is 0.135 e. The first-order chi connectivity index (χ1) is 13.6. The third-order valence-corrected chi connectivity index (χ3v) is 5.26. The maximum Gasteiger partial charge on any atom is 0.135 e. The number of rotatable bonds is 4. The van der Waals surface area contributed by atoms with Crippen molar-refractivity contribution in [2.24, 2.45) is 0 Å². The highest BCUT2D eigenvalue weighted by Gasteiger charge is 2.22. The van der Waals surface area contributed by atoms with E-state index in [2.05, 4.69) is 22.2 Å². The van der Waals surface area contributed by atoms with Gasteiger partial charge in [0.15, 0.2) is 0 Å². The highest BCUT2D eigenvalue weighted by Crippen LogP contribution is 2.30. The van der Waals surface area contributed by atoms with E-state index in [4.69, 9.17) is 33.2 Å². The number of aromatic nitrogens is 3. The number of hydrogen-bond donors (Lipinski definition) is 1. The Morgan fingerprint density at radius 1 is 1.11 bits per heavy atom. The van der Waals surface area contributed by atoms with Crippen LogP contribution in [-0.2, 0) is 0 Å². The molecule has 3 aromatic rings. The molecule has 1 saturated heterocycles. The minimum absolute atomic E-state index is 0.305. The summed E-state index contributed by atoms with van der Waals surface area (Å²) in [6.07, 6.45) is 5.81. The molecule has 1 fully saturated rings. The van der Waals surface area contributed by atoms with Crippen molar-refractivity contribution >= 4 is 34.7 Å². The fraction of sp³-hybridized carbons (Fsp3) is 0.286. The van der Waals surface area contributed by atoms with Crippen LogP contribution >= 0.6 is 23.2 Å². The predicted molar refractivity (Wildman–Crippen MR) is 114 cm³/mol. The first kappa shape index (κ1) is 19.1. The zero-order valence-corrected chi connectivity index (χ0v) is 17.1. The summed E-state index contributed by atoms with van der Waals surface area (Å²) < 4.78 is 0. The number of benzene rings is 1. The summed E-state index contributed by atoms with van der Waals surface area (Å²) in [6, 6.07) is 11.2. The quantitative estimate of drug-likeness (QED) is 0.620. The summed E-state index contributed by atoms with van der Waals surface area (Å²) in [5, 5.41) is 4.48. The summed E-state index contributed by atoms with van der Waals surface area (Å²) in [4.78, 5) is 16.2. The van der Waals surface area contributed by atoms with Gasteiger partial charge in [-0.25, -0.2) is 9.97 Å².